The fourth-order valence-electron chi connectivity index (χ4n) is 2.16. The van der Waals surface area contributed by atoms with Gasteiger partial charge in [0.2, 0.25) is 5.13 Å². The second-order valence-corrected chi connectivity index (χ2v) is 5.94. The summed E-state index contributed by atoms with van der Waals surface area (Å²) < 4.78 is 0. The van der Waals surface area contributed by atoms with Crippen molar-refractivity contribution >= 4 is 39.7 Å². The van der Waals surface area contributed by atoms with Crippen molar-refractivity contribution in [2.75, 3.05) is 5.73 Å². The zero-order chi connectivity index (χ0) is 14.1. The second-order valence-electron chi connectivity index (χ2n) is 4.49. The lowest BCUT2D eigenvalue weighted by atomic mass is 10.1. The van der Waals surface area contributed by atoms with Crippen molar-refractivity contribution in [3.05, 3.63) is 51.2 Å². The minimum absolute atomic E-state index is 0.288. The minimum atomic E-state index is 0.288. The van der Waals surface area contributed by atoms with Gasteiger partial charge in [-0.05, 0) is 42.2 Å². The molecular weight excluding hydrogens is 294 g/mol. The predicted octanol–water partition coefficient (Wildman–Crippen LogP) is 3.92. The number of aliphatic hydroxyl groups excluding tert-OH is 1. The summed E-state index contributed by atoms with van der Waals surface area (Å²) in [7, 11) is 0. The van der Waals surface area contributed by atoms with E-state index in [1.54, 1.807) is 0 Å². The van der Waals surface area contributed by atoms with E-state index >= 15 is 0 Å². The van der Waals surface area contributed by atoms with E-state index in [-0.39, 0.29) is 5.76 Å². The van der Waals surface area contributed by atoms with E-state index in [9.17, 15) is 5.11 Å². The Hall–Kier alpha value is -1.85. The maximum atomic E-state index is 10.3. The molecule has 1 aliphatic carbocycles. The molecule has 102 valence electrons. The molecule has 0 unspecified atom stereocenters. The highest BCUT2D eigenvalue weighted by Crippen LogP contribution is 2.38. The highest BCUT2D eigenvalue weighted by Gasteiger charge is 2.23. The van der Waals surface area contributed by atoms with Gasteiger partial charge >= 0.3 is 0 Å². The van der Waals surface area contributed by atoms with Gasteiger partial charge in [-0.2, -0.15) is 0 Å². The van der Waals surface area contributed by atoms with Gasteiger partial charge in [-0.1, -0.05) is 35.1 Å². The van der Waals surface area contributed by atoms with Crippen LogP contribution in [0.3, 0.4) is 0 Å². The summed E-state index contributed by atoms with van der Waals surface area (Å²) in [5, 5.41) is 19.9. The molecule has 1 aliphatic rings. The summed E-state index contributed by atoms with van der Waals surface area (Å²) in [5.74, 6) is 0.288. The third-order valence-electron chi connectivity index (χ3n) is 3.14. The van der Waals surface area contributed by atoms with Crippen LogP contribution < -0.4 is 5.73 Å². The van der Waals surface area contributed by atoms with Crippen LogP contribution in [0.5, 0.6) is 0 Å². The molecule has 0 atom stereocenters. The zero-order valence-corrected chi connectivity index (χ0v) is 12.1. The summed E-state index contributed by atoms with van der Waals surface area (Å²) in [6.45, 7) is 0. The van der Waals surface area contributed by atoms with Crippen molar-refractivity contribution in [1.82, 2.24) is 10.2 Å². The Bertz CT molecular complexity index is 703. The first kappa shape index (κ1) is 13.1. The fraction of sp³-hybridized carbons (Fsp3) is 0.143. The molecule has 0 saturated carbocycles. The normalized spacial score (nSPS) is 17.1. The number of halogens is 1. The monoisotopic (exact) mass is 305 g/mol. The standard InChI is InChI=1S/C14H12ClN3OS/c15-10-4-1-8(2-5-10)7-9-3-6-11(12(9)19)13-17-18-14(16)20-13/h1-2,4-5,7,19H,3,6H2,(H2,16,18)/b9-7-. The fourth-order valence-corrected chi connectivity index (χ4v) is 2.97. The maximum absolute atomic E-state index is 10.3. The SMILES string of the molecule is Nc1nnc(C2=C(O)/C(=C\c3ccc(Cl)cc3)CC2)s1. The van der Waals surface area contributed by atoms with Gasteiger partial charge in [-0.3, -0.25) is 0 Å². The van der Waals surface area contributed by atoms with Crippen LogP contribution in [0.2, 0.25) is 5.02 Å². The Labute approximate surface area is 125 Å². The van der Waals surface area contributed by atoms with Crippen molar-refractivity contribution in [3.8, 4) is 0 Å². The van der Waals surface area contributed by atoms with Crippen molar-refractivity contribution in [1.29, 1.82) is 0 Å². The van der Waals surface area contributed by atoms with E-state index in [0.717, 1.165) is 29.6 Å². The Kier molecular flexibility index (Phi) is 3.46. The van der Waals surface area contributed by atoms with E-state index in [1.807, 2.05) is 30.3 Å². The highest BCUT2D eigenvalue weighted by molar-refractivity contribution is 7.16. The highest BCUT2D eigenvalue weighted by atomic mass is 35.5. The Morgan fingerprint density at radius 2 is 1.95 bits per heavy atom. The number of allylic oxidation sites excluding steroid dienone is 2. The summed E-state index contributed by atoms with van der Waals surface area (Å²) >= 11 is 7.15. The van der Waals surface area contributed by atoms with Gasteiger partial charge in [0.15, 0.2) is 0 Å². The Morgan fingerprint density at radius 1 is 1.20 bits per heavy atom. The van der Waals surface area contributed by atoms with Crippen LogP contribution in [0.1, 0.15) is 23.4 Å². The van der Waals surface area contributed by atoms with Crippen molar-refractivity contribution < 1.29 is 5.11 Å². The molecule has 0 bridgehead atoms. The number of aromatic nitrogens is 2. The van der Waals surface area contributed by atoms with Gasteiger partial charge in [0.1, 0.15) is 10.8 Å². The molecular formula is C14H12ClN3OS. The van der Waals surface area contributed by atoms with Gasteiger partial charge < -0.3 is 10.8 Å². The van der Waals surface area contributed by atoms with Gasteiger partial charge in [0.25, 0.3) is 0 Å². The van der Waals surface area contributed by atoms with Gasteiger partial charge in [-0.25, -0.2) is 0 Å². The number of anilines is 1. The van der Waals surface area contributed by atoms with Gasteiger partial charge in [0, 0.05) is 10.6 Å². The van der Waals surface area contributed by atoms with Crippen LogP contribution in [-0.2, 0) is 0 Å². The molecule has 0 saturated heterocycles. The largest absolute Gasteiger partial charge is 0.507 e. The quantitative estimate of drug-likeness (QED) is 0.882. The second kappa shape index (κ2) is 5.26. The molecule has 6 heteroatoms. The minimum Gasteiger partial charge on any atom is -0.507 e. The van der Waals surface area contributed by atoms with Crippen molar-refractivity contribution in [3.63, 3.8) is 0 Å². The molecule has 0 radical (unpaired) electrons. The van der Waals surface area contributed by atoms with E-state index < -0.39 is 0 Å². The van der Waals surface area contributed by atoms with Crippen LogP contribution in [0.25, 0.3) is 11.6 Å². The molecule has 3 N–H and O–H groups in total. The number of hydrogen-bond acceptors (Lipinski definition) is 5. The maximum Gasteiger partial charge on any atom is 0.203 e. The van der Waals surface area contributed by atoms with Gasteiger partial charge in [0.05, 0.1) is 0 Å². The molecule has 0 amide bonds. The number of benzene rings is 1. The molecule has 2 aromatic rings. The number of rotatable bonds is 2. The van der Waals surface area contributed by atoms with Crippen LogP contribution in [0.4, 0.5) is 5.13 Å². The van der Waals surface area contributed by atoms with E-state index in [2.05, 4.69) is 10.2 Å². The molecule has 1 aromatic carbocycles. The topological polar surface area (TPSA) is 72.0 Å². The molecule has 1 heterocycles. The molecule has 0 fully saturated rings. The van der Waals surface area contributed by atoms with Crippen LogP contribution in [0.15, 0.2) is 35.6 Å². The van der Waals surface area contributed by atoms with Crippen molar-refractivity contribution in [2.45, 2.75) is 12.8 Å². The lowest BCUT2D eigenvalue weighted by Gasteiger charge is -2.00. The first-order valence-electron chi connectivity index (χ1n) is 6.11. The summed E-state index contributed by atoms with van der Waals surface area (Å²) in [6.07, 6.45) is 3.49. The lowest BCUT2D eigenvalue weighted by Crippen LogP contribution is -1.85. The number of hydrogen-bond donors (Lipinski definition) is 2. The van der Waals surface area contributed by atoms with E-state index in [0.29, 0.717) is 15.2 Å². The third-order valence-corrected chi connectivity index (χ3v) is 4.21. The molecule has 3 rings (SSSR count). The van der Waals surface area contributed by atoms with Crippen LogP contribution >= 0.6 is 22.9 Å². The molecule has 0 aliphatic heterocycles. The number of nitrogens with two attached hydrogens (primary N) is 1. The average Bonchev–Trinajstić information content (AvgIpc) is 3.00. The molecule has 4 nitrogen and oxygen atoms in total. The first-order chi connectivity index (χ1) is 9.63. The van der Waals surface area contributed by atoms with E-state index in [4.69, 9.17) is 17.3 Å². The lowest BCUT2D eigenvalue weighted by molar-refractivity contribution is 0.429. The first-order valence-corrected chi connectivity index (χ1v) is 7.31. The van der Waals surface area contributed by atoms with Crippen molar-refractivity contribution in [2.24, 2.45) is 0 Å². The zero-order valence-electron chi connectivity index (χ0n) is 10.5. The van der Waals surface area contributed by atoms with Crippen LogP contribution in [-0.4, -0.2) is 15.3 Å². The Morgan fingerprint density at radius 3 is 2.60 bits per heavy atom. The molecule has 0 spiro atoms. The summed E-state index contributed by atoms with van der Waals surface area (Å²) in [4.78, 5) is 0. The molecule has 1 aromatic heterocycles. The average molecular weight is 306 g/mol. The number of nitrogen functional groups attached to an aromatic ring is 1. The predicted molar refractivity (Wildman–Crippen MR) is 82.5 cm³/mol. The van der Waals surface area contributed by atoms with E-state index in [1.165, 1.54) is 11.3 Å². The Balaban J connectivity index is 1.93. The smallest absolute Gasteiger partial charge is 0.203 e. The summed E-state index contributed by atoms with van der Waals surface area (Å²) in [6, 6.07) is 7.50. The third kappa shape index (κ3) is 2.55. The van der Waals surface area contributed by atoms with Gasteiger partial charge in [-0.15, -0.1) is 10.2 Å². The number of nitrogens with zero attached hydrogens (tertiary/aromatic N) is 2. The summed E-state index contributed by atoms with van der Waals surface area (Å²) in [5.41, 5.74) is 8.30. The molecule has 20 heavy (non-hydrogen) atoms. The van der Waals surface area contributed by atoms with Crippen LogP contribution in [0, 0.1) is 0 Å². The number of aliphatic hydroxyl groups is 1.